The molecule has 2 rings (SSSR count). The molecule has 0 bridgehead atoms. The number of hydrogen-bond acceptors (Lipinski definition) is 3. The lowest BCUT2D eigenvalue weighted by Crippen LogP contribution is -2.45. The van der Waals surface area contributed by atoms with Crippen molar-refractivity contribution in [3.05, 3.63) is 29.3 Å². The summed E-state index contributed by atoms with van der Waals surface area (Å²) < 4.78 is 0. The molecule has 0 atom stereocenters. The third-order valence-corrected chi connectivity index (χ3v) is 3.10. The molecule has 4 nitrogen and oxygen atoms in total. The van der Waals surface area contributed by atoms with Crippen LogP contribution < -0.4 is 11.1 Å². The molecule has 3 N–H and O–H groups in total. The summed E-state index contributed by atoms with van der Waals surface area (Å²) in [6, 6.07) is 5.48. The van der Waals surface area contributed by atoms with E-state index in [-0.39, 0.29) is 24.1 Å². The smallest absolute Gasteiger partial charge is 0.243 e. The fraction of sp³-hybridized carbons (Fsp3) is 0.429. The minimum absolute atomic E-state index is 0. The summed E-state index contributed by atoms with van der Waals surface area (Å²) in [5.74, 6) is -0.106. The molecule has 5 heteroatoms. The lowest BCUT2D eigenvalue weighted by atomic mass is 9.90. The molecule has 1 amide bonds. The molecule has 0 spiro atoms. The summed E-state index contributed by atoms with van der Waals surface area (Å²) >= 11 is 0. The molecule has 1 aromatic carbocycles. The Morgan fingerprint density at radius 1 is 1.32 bits per heavy atom. The van der Waals surface area contributed by atoms with Gasteiger partial charge < -0.3 is 11.1 Å². The number of carbonyl (C=O) groups is 2. The van der Waals surface area contributed by atoms with Crippen LogP contribution in [0, 0.1) is 0 Å². The zero-order chi connectivity index (χ0) is 13.3. The Kier molecular flexibility index (Phi) is 4.71. The van der Waals surface area contributed by atoms with Gasteiger partial charge in [-0.1, -0.05) is 6.07 Å². The minimum Gasteiger partial charge on any atom is -0.324 e. The van der Waals surface area contributed by atoms with E-state index in [0.717, 1.165) is 24.0 Å². The van der Waals surface area contributed by atoms with Crippen molar-refractivity contribution < 1.29 is 9.59 Å². The van der Waals surface area contributed by atoms with Gasteiger partial charge in [0.05, 0.1) is 5.54 Å². The highest BCUT2D eigenvalue weighted by atomic mass is 35.5. The second-order valence-corrected chi connectivity index (χ2v) is 5.32. The number of fused-ring (bicyclic) bond motifs is 1. The summed E-state index contributed by atoms with van der Waals surface area (Å²) in [5.41, 5.74) is 7.21. The van der Waals surface area contributed by atoms with Crippen molar-refractivity contribution in [2.24, 2.45) is 5.73 Å². The quantitative estimate of drug-likeness (QED) is 0.874. The van der Waals surface area contributed by atoms with Crippen LogP contribution >= 0.6 is 12.4 Å². The molecule has 0 aromatic heterocycles. The van der Waals surface area contributed by atoms with E-state index >= 15 is 0 Å². The molecule has 1 aliphatic carbocycles. The second kappa shape index (κ2) is 5.72. The van der Waals surface area contributed by atoms with Crippen LogP contribution in [0.2, 0.25) is 0 Å². The van der Waals surface area contributed by atoms with Gasteiger partial charge in [0.15, 0.2) is 5.78 Å². The average molecular weight is 283 g/mol. The molecule has 0 saturated heterocycles. The van der Waals surface area contributed by atoms with E-state index in [4.69, 9.17) is 5.73 Å². The van der Waals surface area contributed by atoms with Gasteiger partial charge in [0, 0.05) is 17.7 Å². The van der Waals surface area contributed by atoms with E-state index < -0.39 is 5.54 Å². The van der Waals surface area contributed by atoms with Crippen molar-refractivity contribution in [2.45, 2.75) is 38.6 Å². The molecule has 1 aliphatic rings. The van der Waals surface area contributed by atoms with E-state index in [1.807, 2.05) is 12.1 Å². The number of nitrogens with two attached hydrogens (primary N) is 1. The molecule has 0 saturated carbocycles. The predicted molar refractivity (Wildman–Crippen MR) is 77.9 cm³/mol. The number of aryl methyl sites for hydroxylation is 1. The summed E-state index contributed by atoms with van der Waals surface area (Å²) in [7, 11) is 0. The lowest BCUT2D eigenvalue weighted by molar-refractivity contribution is -0.120. The zero-order valence-corrected chi connectivity index (χ0v) is 12.0. The molecule has 0 radical (unpaired) electrons. The Bertz CT molecular complexity index is 507. The van der Waals surface area contributed by atoms with Gasteiger partial charge >= 0.3 is 0 Å². The number of Topliss-reactive ketones (excluding diaryl/α,β-unsaturated/α-hetero) is 1. The lowest BCUT2D eigenvalue weighted by Gasteiger charge is -2.20. The van der Waals surface area contributed by atoms with E-state index in [9.17, 15) is 9.59 Å². The molecule has 0 heterocycles. The SMILES string of the molecule is CC(C)(N)C(=O)Nc1ccc2c(c1)C(=O)CCC2.Cl. The largest absolute Gasteiger partial charge is 0.324 e. The molecular weight excluding hydrogens is 264 g/mol. The topological polar surface area (TPSA) is 72.2 Å². The maximum Gasteiger partial charge on any atom is 0.243 e. The van der Waals surface area contributed by atoms with Gasteiger partial charge in [0.1, 0.15) is 0 Å². The number of ketones is 1. The molecule has 1 aromatic rings. The van der Waals surface area contributed by atoms with Crippen molar-refractivity contribution in [1.82, 2.24) is 0 Å². The first-order valence-electron chi connectivity index (χ1n) is 6.14. The Morgan fingerprint density at radius 2 is 2.00 bits per heavy atom. The minimum atomic E-state index is -0.931. The van der Waals surface area contributed by atoms with Crippen molar-refractivity contribution in [1.29, 1.82) is 0 Å². The number of anilines is 1. The van der Waals surface area contributed by atoms with E-state index in [1.165, 1.54) is 0 Å². The molecular formula is C14H19ClN2O2. The Hall–Kier alpha value is -1.39. The van der Waals surface area contributed by atoms with Crippen LogP contribution in [0.4, 0.5) is 5.69 Å². The molecule has 0 aliphatic heterocycles. The number of rotatable bonds is 2. The van der Waals surface area contributed by atoms with Crippen LogP contribution in [0.1, 0.15) is 42.6 Å². The fourth-order valence-electron chi connectivity index (χ4n) is 2.00. The average Bonchev–Trinajstić information content (AvgIpc) is 2.29. The summed E-state index contributed by atoms with van der Waals surface area (Å²) in [5, 5.41) is 2.74. The highest BCUT2D eigenvalue weighted by Gasteiger charge is 2.23. The normalized spacial score (nSPS) is 14.4. The first kappa shape index (κ1) is 15.7. The Labute approximate surface area is 119 Å². The Morgan fingerprint density at radius 3 is 2.63 bits per heavy atom. The van der Waals surface area contributed by atoms with Crippen LogP contribution in [0.3, 0.4) is 0 Å². The maximum atomic E-state index is 11.8. The van der Waals surface area contributed by atoms with Gasteiger partial charge in [-0.15, -0.1) is 12.4 Å². The van der Waals surface area contributed by atoms with Crippen molar-refractivity contribution in [2.75, 3.05) is 5.32 Å². The van der Waals surface area contributed by atoms with Crippen LogP contribution in [-0.4, -0.2) is 17.2 Å². The molecule has 0 fully saturated rings. The Balaban J connectivity index is 0.00000180. The molecule has 19 heavy (non-hydrogen) atoms. The van der Waals surface area contributed by atoms with Gasteiger partial charge in [-0.05, 0) is 44.4 Å². The highest BCUT2D eigenvalue weighted by Crippen LogP contribution is 2.24. The van der Waals surface area contributed by atoms with Crippen molar-refractivity contribution >= 4 is 29.8 Å². The first-order valence-corrected chi connectivity index (χ1v) is 6.14. The molecule has 104 valence electrons. The van der Waals surface area contributed by atoms with Gasteiger partial charge in [0.2, 0.25) is 5.91 Å². The highest BCUT2D eigenvalue weighted by molar-refractivity contribution is 6.01. The first-order chi connectivity index (χ1) is 8.38. The number of benzene rings is 1. The third kappa shape index (κ3) is 3.55. The van der Waals surface area contributed by atoms with Crippen LogP contribution in [0.25, 0.3) is 0 Å². The number of hydrogen-bond donors (Lipinski definition) is 2. The monoisotopic (exact) mass is 282 g/mol. The van der Waals surface area contributed by atoms with Gasteiger partial charge in [-0.2, -0.15) is 0 Å². The summed E-state index contributed by atoms with van der Waals surface area (Å²) in [4.78, 5) is 23.5. The predicted octanol–water partition coefficient (Wildman–Crippen LogP) is 2.30. The standard InChI is InChI=1S/C14H18N2O2.ClH/c1-14(2,15)13(18)16-10-7-6-9-4-3-5-12(17)11(9)8-10;/h6-8H,3-5,15H2,1-2H3,(H,16,18);1H. The fourth-order valence-corrected chi connectivity index (χ4v) is 2.00. The zero-order valence-electron chi connectivity index (χ0n) is 11.2. The van der Waals surface area contributed by atoms with Gasteiger partial charge in [-0.25, -0.2) is 0 Å². The van der Waals surface area contributed by atoms with E-state index in [1.54, 1.807) is 19.9 Å². The third-order valence-electron chi connectivity index (χ3n) is 3.10. The number of carbonyl (C=O) groups excluding carboxylic acids is 2. The van der Waals surface area contributed by atoms with Gasteiger partial charge in [-0.3, -0.25) is 9.59 Å². The summed E-state index contributed by atoms with van der Waals surface area (Å²) in [6.07, 6.45) is 2.43. The molecule has 0 unspecified atom stereocenters. The number of amides is 1. The van der Waals surface area contributed by atoms with Gasteiger partial charge in [0.25, 0.3) is 0 Å². The number of nitrogens with one attached hydrogen (secondary N) is 1. The second-order valence-electron chi connectivity index (χ2n) is 5.32. The van der Waals surface area contributed by atoms with Crippen LogP contribution in [-0.2, 0) is 11.2 Å². The summed E-state index contributed by atoms with van der Waals surface area (Å²) in [6.45, 7) is 3.29. The number of halogens is 1. The maximum absolute atomic E-state index is 11.8. The van der Waals surface area contributed by atoms with E-state index in [0.29, 0.717) is 12.1 Å². The van der Waals surface area contributed by atoms with Crippen molar-refractivity contribution in [3.63, 3.8) is 0 Å². The van der Waals surface area contributed by atoms with Crippen LogP contribution in [0.15, 0.2) is 18.2 Å². The van der Waals surface area contributed by atoms with E-state index in [2.05, 4.69) is 5.32 Å². The van der Waals surface area contributed by atoms with Crippen LogP contribution in [0.5, 0.6) is 0 Å². The van der Waals surface area contributed by atoms with Crippen molar-refractivity contribution in [3.8, 4) is 0 Å².